The molecule has 0 aromatic carbocycles. The van der Waals surface area contributed by atoms with Gasteiger partial charge in [0.2, 0.25) is 0 Å². The Morgan fingerprint density at radius 3 is 2.12 bits per heavy atom. The van der Waals surface area contributed by atoms with Gasteiger partial charge in [-0.25, -0.2) is 0 Å². The Kier molecular flexibility index (Phi) is 5.30. The van der Waals surface area contributed by atoms with Crippen LogP contribution in [0.25, 0.3) is 0 Å². The average molecular weight is 250 g/mol. The number of aliphatic hydroxyl groups excluding tert-OH is 4. The lowest BCUT2D eigenvalue weighted by Gasteiger charge is -2.40. The minimum atomic E-state index is -1.38. The third kappa shape index (κ3) is 3.37. The van der Waals surface area contributed by atoms with Crippen LogP contribution < -0.4 is 0 Å². The number of hydrogen-bond donors (Lipinski definition) is 4. The molecule has 17 heavy (non-hydrogen) atoms. The first-order valence-corrected chi connectivity index (χ1v) is 5.84. The number of aliphatic hydroxyl groups is 4. The Morgan fingerprint density at radius 1 is 1.06 bits per heavy atom. The molecule has 0 saturated carbocycles. The molecule has 0 aromatic heterocycles. The molecular formula is C11H22O6. The van der Waals surface area contributed by atoms with E-state index in [9.17, 15) is 15.3 Å². The molecule has 0 amide bonds. The van der Waals surface area contributed by atoms with Crippen LogP contribution in [0.1, 0.15) is 20.8 Å². The van der Waals surface area contributed by atoms with Crippen LogP contribution >= 0.6 is 0 Å². The molecule has 0 radical (unpaired) electrons. The van der Waals surface area contributed by atoms with Gasteiger partial charge in [-0.1, -0.05) is 13.8 Å². The lowest BCUT2D eigenvalue weighted by Crippen LogP contribution is -2.59. The highest BCUT2D eigenvalue weighted by Crippen LogP contribution is 2.24. The van der Waals surface area contributed by atoms with E-state index >= 15 is 0 Å². The molecular weight excluding hydrogens is 228 g/mol. The number of hydrogen-bond acceptors (Lipinski definition) is 6. The Morgan fingerprint density at radius 2 is 1.65 bits per heavy atom. The Labute approximate surface area is 101 Å². The summed E-state index contributed by atoms with van der Waals surface area (Å²) >= 11 is 0. The van der Waals surface area contributed by atoms with Crippen molar-refractivity contribution in [3.05, 3.63) is 0 Å². The maximum absolute atomic E-state index is 9.71. The SMILES string of the molecule is CC(C)[C@H](C)O[C@@H]1OC(CO)[C@@H](O)C(O)C1O. The van der Waals surface area contributed by atoms with Crippen molar-refractivity contribution in [1.82, 2.24) is 0 Å². The highest BCUT2D eigenvalue weighted by molar-refractivity contribution is 4.89. The summed E-state index contributed by atoms with van der Waals surface area (Å²) in [5.74, 6) is 0.224. The summed E-state index contributed by atoms with van der Waals surface area (Å²) in [5, 5.41) is 37.8. The molecule has 102 valence electrons. The molecule has 1 aliphatic heterocycles. The highest BCUT2D eigenvalue weighted by Gasteiger charge is 2.44. The number of rotatable bonds is 4. The van der Waals surface area contributed by atoms with Gasteiger partial charge in [0.1, 0.15) is 24.4 Å². The Balaban J connectivity index is 2.65. The monoisotopic (exact) mass is 250 g/mol. The lowest BCUT2D eigenvalue weighted by molar-refractivity contribution is -0.312. The molecule has 6 nitrogen and oxygen atoms in total. The van der Waals surface area contributed by atoms with Crippen molar-refractivity contribution in [3.8, 4) is 0 Å². The fourth-order valence-electron chi connectivity index (χ4n) is 1.55. The standard InChI is InChI=1S/C11H22O6/c1-5(2)6(3)16-11-10(15)9(14)8(13)7(4-12)17-11/h5-15H,4H2,1-3H3/t6-,7?,8+,9?,10?,11+/m0/s1. The van der Waals surface area contributed by atoms with Gasteiger partial charge in [-0.3, -0.25) is 0 Å². The molecule has 0 bridgehead atoms. The lowest BCUT2D eigenvalue weighted by atomic mass is 9.99. The Bertz CT molecular complexity index is 230. The quantitative estimate of drug-likeness (QED) is 0.503. The molecule has 3 unspecified atom stereocenters. The molecule has 1 fully saturated rings. The second kappa shape index (κ2) is 6.08. The van der Waals surface area contributed by atoms with E-state index in [0.717, 1.165) is 0 Å². The smallest absolute Gasteiger partial charge is 0.186 e. The van der Waals surface area contributed by atoms with Gasteiger partial charge in [0, 0.05) is 0 Å². The van der Waals surface area contributed by atoms with Crippen molar-refractivity contribution in [2.24, 2.45) is 5.92 Å². The molecule has 6 atom stereocenters. The summed E-state index contributed by atoms with van der Waals surface area (Å²) in [4.78, 5) is 0. The van der Waals surface area contributed by atoms with Gasteiger partial charge in [0.15, 0.2) is 6.29 Å². The van der Waals surface area contributed by atoms with Gasteiger partial charge >= 0.3 is 0 Å². The molecule has 6 heteroatoms. The molecule has 1 rings (SSSR count). The second-order valence-corrected chi connectivity index (χ2v) is 4.78. The van der Waals surface area contributed by atoms with Crippen LogP contribution in [0.15, 0.2) is 0 Å². The average Bonchev–Trinajstić information content (AvgIpc) is 2.29. The van der Waals surface area contributed by atoms with Gasteiger partial charge in [0.25, 0.3) is 0 Å². The van der Waals surface area contributed by atoms with Crippen molar-refractivity contribution in [2.45, 2.75) is 57.6 Å². The van der Waals surface area contributed by atoms with Crippen LogP contribution in [-0.4, -0.2) is 63.8 Å². The largest absolute Gasteiger partial charge is 0.394 e. The molecule has 0 aliphatic carbocycles. The maximum Gasteiger partial charge on any atom is 0.186 e. The van der Waals surface area contributed by atoms with Gasteiger partial charge < -0.3 is 29.9 Å². The molecule has 0 spiro atoms. The van der Waals surface area contributed by atoms with Crippen molar-refractivity contribution in [3.63, 3.8) is 0 Å². The van der Waals surface area contributed by atoms with E-state index in [-0.39, 0.29) is 12.0 Å². The van der Waals surface area contributed by atoms with Crippen LogP contribution in [-0.2, 0) is 9.47 Å². The minimum Gasteiger partial charge on any atom is -0.394 e. The topological polar surface area (TPSA) is 99.4 Å². The molecule has 1 saturated heterocycles. The van der Waals surface area contributed by atoms with Gasteiger partial charge in [-0.2, -0.15) is 0 Å². The first kappa shape index (κ1) is 14.8. The summed E-state index contributed by atoms with van der Waals surface area (Å²) in [7, 11) is 0. The van der Waals surface area contributed by atoms with Crippen LogP contribution in [0.2, 0.25) is 0 Å². The van der Waals surface area contributed by atoms with Gasteiger partial charge in [-0.05, 0) is 12.8 Å². The fraction of sp³-hybridized carbons (Fsp3) is 1.00. The molecule has 1 aliphatic rings. The van der Waals surface area contributed by atoms with Crippen LogP contribution in [0.5, 0.6) is 0 Å². The maximum atomic E-state index is 9.71. The van der Waals surface area contributed by atoms with Crippen molar-refractivity contribution < 1.29 is 29.9 Å². The van der Waals surface area contributed by atoms with Crippen molar-refractivity contribution in [2.75, 3.05) is 6.61 Å². The summed E-state index contributed by atoms with van der Waals surface area (Å²) in [6.45, 7) is 5.29. The molecule has 1 heterocycles. The highest BCUT2D eigenvalue weighted by atomic mass is 16.7. The normalized spacial score (nSPS) is 40.6. The fourth-order valence-corrected chi connectivity index (χ4v) is 1.55. The summed E-state index contributed by atoms with van der Waals surface area (Å²) in [6.07, 6.45) is -6.18. The van der Waals surface area contributed by atoms with E-state index in [2.05, 4.69) is 0 Å². The summed E-state index contributed by atoms with van der Waals surface area (Å²) < 4.78 is 10.7. The zero-order valence-corrected chi connectivity index (χ0v) is 10.4. The third-order valence-electron chi connectivity index (χ3n) is 3.14. The van der Waals surface area contributed by atoms with E-state index < -0.39 is 37.3 Å². The molecule has 0 aromatic rings. The van der Waals surface area contributed by atoms with E-state index in [1.54, 1.807) is 0 Å². The van der Waals surface area contributed by atoms with Crippen LogP contribution in [0.3, 0.4) is 0 Å². The summed E-state index contributed by atoms with van der Waals surface area (Å²) in [6, 6.07) is 0. The third-order valence-corrected chi connectivity index (χ3v) is 3.14. The predicted octanol–water partition coefficient (Wildman–Crippen LogP) is -1.15. The Hall–Kier alpha value is -0.240. The van der Waals surface area contributed by atoms with Gasteiger partial charge in [-0.15, -0.1) is 0 Å². The minimum absolute atomic E-state index is 0.170. The summed E-state index contributed by atoms with van der Waals surface area (Å²) in [5.41, 5.74) is 0. The van der Waals surface area contributed by atoms with E-state index in [4.69, 9.17) is 14.6 Å². The van der Waals surface area contributed by atoms with E-state index in [1.807, 2.05) is 20.8 Å². The van der Waals surface area contributed by atoms with E-state index in [1.165, 1.54) is 0 Å². The zero-order valence-electron chi connectivity index (χ0n) is 10.4. The predicted molar refractivity (Wildman–Crippen MR) is 59.2 cm³/mol. The van der Waals surface area contributed by atoms with Crippen LogP contribution in [0, 0.1) is 5.92 Å². The first-order chi connectivity index (χ1) is 7.88. The number of ether oxygens (including phenoxy) is 2. The first-order valence-electron chi connectivity index (χ1n) is 5.84. The molecule has 4 N–H and O–H groups in total. The van der Waals surface area contributed by atoms with E-state index in [0.29, 0.717) is 0 Å². The van der Waals surface area contributed by atoms with Gasteiger partial charge in [0.05, 0.1) is 12.7 Å². The second-order valence-electron chi connectivity index (χ2n) is 4.78. The van der Waals surface area contributed by atoms with Crippen molar-refractivity contribution >= 4 is 0 Å². The van der Waals surface area contributed by atoms with Crippen molar-refractivity contribution in [1.29, 1.82) is 0 Å². The zero-order chi connectivity index (χ0) is 13.2. The van der Waals surface area contributed by atoms with Crippen LogP contribution in [0.4, 0.5) is 0 Å².